The summed E-state index contributed by atoms with van der Waals surface area (Å²) in [7, 11) is 1.54. The molecule has 1 saturated carbocycles. The fourth-order valence-electron chi connectivity index (χ4n) is 3.44. The van der Waals surface area contributed by atoms with Crippen molar-refractivity contribution >= 4 is 28.5 Å². The van der Waals surface area contributed by atoms with Crippen LogP contribution in [0.1, 0.15) is 34.9 Å². The van der Waals surface area contributed by atoms with Gasteiger partial charge in [0.15, 0.2) is 11.5 Å². The SMILES string of the molecule is COc1cc2noc(-c3ccc(Cl)cc3)c2cc1-n1nnc(C(=O)O)c1C1CC1. The number of carboxylic acids is 1. The summed E-state index contributed by atoms with van der Waals surface area (Å²) in [5.41, 5.74) is 2.57. The molecule has 0 amide bonds. The minimum Gasteiger partial charge on any atom is -0.494 e. The summed E-state index contributed by atoms with van der Waals surface area (Å²) < 4.78 is 12.7. The Kier molecular flexibility index (Phi) is 4.02. The van der Waals surface area contributed by atoms with E-state index in [1.165, 1.54) is 7.11 Å². The quantitative estimate of drug-likeness (QED) is 0.522. The number of carbonyl (C=O) groups is 1. The second-order valence-electron chi connectivity index (χ2n) is 6.87. The van der Waals surface area contributed by atoms with Gasteiger partial charge in [-0.25, -0.2) is 9.48 Å². The van der Waals surface area contributed by atoms with Gasteiger partial charge in [0.25, 0.3) is 0 Å². The predicted octanol–water partition coefficient (Wildman–Crippen LogP) is 4.31. The third-order valence-corrected chi connectivity index (χ3v) is 5.24. The molecule has 0 unspecified atom stereocenters. The molecule has 4 aromatic rings. The van der Waals surface area contributed by atoms with Crippen LogP contribution in [0.4, 0.5) is 0 Å². The number of benzene rings is 2. The van der Waals surface area contributed by atoms with E-state index in [0.29, 0.717) is 33.4 Å². The lowest BCUT2D eigenvalue weighted by Gasteiger charge is -2.11. The third kappa shape index (κ3) is 2.92. The smallest absolute Gasteiger partial charge is 0.358 e. The highest BCUT2D eigenvalue weighted by molar-refractivity contribution is 6.30. The molecular formula is C20H15ClN4O4. The fourth-order valence-corrected chi connectivity index (χ4v) is 3.57. The number of ether oxygens (including phenoxy) is 1. The maximum Gasteiger partial charge on any atom is 0.358 e. The molecule has 0 radical (unpaired) electrons. The first-order chi connectivity index (χ1) is 14.1. The van der Waals surface area contributed by atoms with Crippen LogP contribution in [0.3, 0.4) is 0 Å². The van der Waals surface area contributed by atoms with Gasteiger partial charge in [0.2, 0.25) is 0 Å². The highest BCUT2D eigenvalue weighted by Gasteiger charge is 2.35. The van der Waals surface area contributed by atoms with Crippen LogP contribution < -0.4 is 4.74 Å². The molecule has 9 heteroatoms. The minimum absolute atomic E-state index is 0.0297. The molecule has 2 aromatic heterocycles. The number of carboxylic acid groups (broad SMARTS) is 1. The minimum atomic E-state index is -1.09. The van der Waals surface area contributed by atoms with Crippen LogP contribution in [-0.4, -0.2) is 38.3 Å². The van der Waals surface area contributed by atoms with E-state index in [2.05, 4.69) is 15.5 Å². The Morgan fingerprint density at radius 3 is 2.69 bits per heavy atom. The van der Waals surface area contributed by atoms with Crippen molar-refractivity contribution in [2.24, 2.45) is 0 Å². The first-order valence-corrected chi connectivity index (χ1v) is 9.37. The molecule has 0 aliphatic heterocycles. The van der Waals surface area contributed by atoms with Crippen LogP contribution in [-0.2, 0) is 0 Å². The van der Waals surface area contributed by atoms with Crippen molar-refractivity contribution in [3.8, 4) is 22.8 Å². The maximum absolute atomic E-state index is 11.6. The van der Waals surface area contributed by atoms with Crippen molar-refractivity contribution in [2.45, 2.75) is 18.8 Å². The molecule has 5 rings (SSSR count). The third-order valence-electron chi connectivity index (χ3n) is 4.98. The standard InChI is InChI=1S/C20H15ClN4O4/c1-28-16-9-14-13(19(29-23-14)11-4-6-12(21)7-5-11)8-15(16)25-18(10-2-3-10)17(20(26)27)22-24-25/h4-10H,2-3H2,1H3,(H,26,27). The zero-order valence-corrected chi connectivity index (χ0v) is 16.1. The summed E-state index contributed by atoms with van der Waals surface area (Å²) >= 11 is 5.99. The van der Waals surface area contributed by atoms with Crippen LogP contribution in [0.2, 0.25) is 5.02 Å². The molecule has 1 fully saturated rings. The largest absolute Gasteiger partial charge is 0.494 e. The number of hydrogen-bond acceptors (Lipinski definition) is 6. The molecule has 2 heterocycles. The van der Waals surface area contributed by atoms with Gasteiger partial charge in [-0.05, 0) is 43.2 Å². The van der Waals surface area contributed by atoms with E-state index in [1.807, 2.05) is 18.2 Å². The average Bonchev–Trinajstić information content (AvgIpc) is 3.32. The zero-order chi connectivity index (χ0) is 20.1. The summed E-state index contributed by atoms with van der Waals surface area (Å²) in [5, 5.41) is 23.0. The van der Waals surface area contributed by atoms with E-state index in [9.17, 15) is 9.90 Å². The topological polar surface area (TPSA) is 103 Å². The molecule has 0 bridgehead atoms. The van der Waals surface area contributed by atoms with Crippen LogP contribution in [0.25, 0.3) is 27.9 Å². The van der Waals surface area contributed by atoms with Gasteiger partial charge in [0, 0.05) is 22.6 Å². The Balaban J connectivity index is 1.73. The molecule has 1 aliphatic carbocycles. The summed E-state index contributed by atoms with van der Waals surface area (Å²) in [4.78, 5) is 11.6. The fraction of sp³-hybridized carbons (Fsp3) is 0.200. The van der Waals surface area contributed by atoms with Gasteiger partial charge in [0.1, 0.15) is 17.0 Å². The second kappa shape index (κ2) is 6.59. The predicted molar refractivity (Wildman–Crippen MR) is 105 cm³/mol. The molecule has 0 spiro atoms. The second-order valence-corrected chi connectivity index (χ2v) is 7.31. The summed E-state index contributed by atoms with van der Waals surface area (Å²) in [6.07, 6.45) is 1.81. The van der Waals surface area contributed by atoms with Crippen molar-refractivity contribution in [3.63, 3.8) is 0 Å². The van der Waals surface area contributed by atoms with E-state index < -0.39 is 5.97 Å². The van der Waals surface area contributed by atoms with E-state index in [4.69, 9.17) is 20.9 Å². The van der Waals surface area contributed by atoms with Crippen LogP contribution in [0.15, 0.2) is 40.9 Å². The first kappa shape index (κ1) is 17.7. The van der Waals surface area contributed by atoms with Crippen molar-refractivity contribution in [3.05, 3.63) is 52.8 Å². The normalized spacial score (nSPS) is 13.7. The maximum atomic E-state index is 11.6. The summed E-state index contributed by atoms with van der Waals surface area (Å²) in [5.74, 6) is 0.101. The molecule has 8 nitrogen and oxygen atoms in total. The molecule has 1 aliphatic rings. The van der Waals surface area contributed by atoms with Crippen LogP contribution in [0, 0.1) is 0 Å². The monoisotopic (exact) mass is 410 g/mol. The molecule has 1 N–H and O–H groups in total. The molecule has 29 heavy (non-hydrogen) atoms. The van der Waals surface area contributed by atoms with E-state index in [1.54, 1.807) is 22.9 Å². The molecule has 0 atom stereocenters. The van der Waals surface area contributed by atoms with Gasteiger partial charge < -0.3 is 14.4 Å². The number of methoxy groups -OCH3 is 1. The number of hydrogen-bond donors (Lipinski definition) is 1. The highest BCUT2D eigenvalue weighted by atomic mass is 35.5. The Morgan fingerprint density at radius 2 is 2.03 bits per heavy atom. The first-order valence-electron chi connectivity index (χ1n) is 8.99. The van der Waals surface area contributed by atoms with Gasteiger partial charge in [-0.3, -0.25) is 0 Å². The van der Waals surface area contributed by atoms with Crippen LogP contribution >= 0.6 is 11.6 Å². The molecule has 0 saturated heterocycles. The Hall–Kier alpha value is -3.39. The Bertz CT molecular complexity index is 1240. The number of aromatic carboxylic acids is 1. The van der Waals surface area contributed by atoms with Crippen LogP contribution in [0.5, 0.6) is 5.75 Å². The molecule has 146 valence electrons. The van der Waals surface area contributed by atoms with Crippen molar-refractivity contribution in [1.29, 1.82) is 0 Å². The summed E-state index contributed by atoms with van der Waals surface area (Å²) in [6, 6.07) is 10.8. The van der Waals surface area contributed by atoms with E-state index >= 15 is 0 Å². The number of rotatable bonds is 5. The van der Waals surface area contributed by atoms with Gasteiger partial charge in [-0.1, -0.05) is 22.0 Å². The number of halogens is 1. The highest BCUT2D eigenvalue weighted by Crippen LogP contribution is 2.43. The van der Waals surface area contributed by atoms with Gasteiger partial charge in [-0.15, -0.1) is 5.10 Å². The van der Waals surface area contributed by atoms with Crippen molar-refractivity contribution < 1.29 is 19.2 Å². The lowest BCUT2D eigenvalue weighted by Crippen LogP contribution is -2.07. The van der Waals surface area contributed by atoms with Crippen molar-refractivity contribution in [1.82, 2.24) is 20.2 Å². The lowest BCUT2D eigenvalue weighted by atomic mass is 10.1. The van der Waals surface area contributed by atoms with Crippen molar-refractivity contribution in [2.75, 3.05) is 7.11 Å². The molecule has 2 aromatic carbocycles. The summed E-state index contributed by atoms with van der Waals surface area (Å²) in [6.45, 7) is 0. The number of nitrogens with zero attached hydrogens (tertiary/aromatic N) is 4. The lowest BCUT2D eigenvalue weighted by molar-refractivity contribution is 0.0689. The van der Waals surface area contributed by atoms with Gasteiger partial charge >= 0.3 is 5.97 Å². The Morgan fingerprint density at radius 1 is 1.28 bits per heavy atom. The number of aromatic nitrogens is 4. The number of fused-ring (bicyclic) bond motifs is 1. The van der Waals surface area contributed by atoms with Gasteiger partial charge in [-0.2, -0.15) is 0 Å². The zero-order valence-electron chi connectivity index (χ0n) is 15.3. The van der Waals surface area contributed by atoms with E-state index in [0.717, 1.165) is 23.8 Å². The Labute approximate surface area is 169 Å². The van der Waals surface area contributed by atoms with Gasteiger partial charge in [0.05, 0.1) is 18.2 Å². The molecular weight excluding hydrogens is 396 g/mol. The van der Waals surface area contributed by atoms with E-state index in [-0.39, 0.29) is 11.6 Å². The average molecular weight is 411 g/mol.